The van der Waals surface area contributed by atoms with E-state index in [1.807, 2.05) is 66.3 Å². The first kappa shape index (κ1) is 15.4. The van der Waals surface area contributed by atoms with E-state index >= 15 is 0 Å². The molecule has 1 aromatic heterocycles. The van der Waals surface area contributed by atoms with Gasteiger partial charge in [0.15, 0.2) is 0 Å². The molecule has 0 unspecified atom stereocenters. The Hall–Kier alpha value is -2.46. The molecule has 0 spiro atoms. The van der Waals surface area contributed by atoms with Crippen LogP contribution in [0.2, 0.25) is 5.02 Å². The Morgan fingerprint density at radius 3 is 2.65 bits per heavy atom. The van der Waals surface area contributed by atoms with Gasteiger partial charge in [-0.2, -0.15) is 0 Å². The third-order valence-electron chi connectivity index (χ3n) is 3.72. The minimum absolute atomic E-state index is 0.698. The Labute approximate surface area is 140 Å². The van der Waals surface area contributed by atoms with Crippen molar-refractivity contribution >= 4 is 17.5 Å². The van der Waals surface area contributed by atoms with Crippen molar-refractivity contribution in [3.05, 3.63) is 65.3 Å². The van der Waals surface area contributed by atoms with E-state index in [4.69, 9.17) is 16.3 Å². The number of rotatable bonds is 5. The van der Waals surface area contributed by atoms with Gasteiger partial charge >= 0.3 is 0 Å². The van der Waals surface area contributed by atoms with E-state index in [9.17, 15) is 0 Å². The summed E-state index contributed by atoms with van der Waals surface area (Å²) in [6, 6.07) is 15.7. The first-order valence-corrected chi connectivity index (χ1v) is 7.69. The standard InChI is InChI=1S/C18H18ClN3O/c1-22-17(14-4-3-5-15(19)10-14)12-21-18(22)20-11-13-6-8-16(23-2)9-7-13/h3-10,12H,11H2,1-2H3,(H,20,21). The molecule has 0 fully saturated rings. The van der Waals surface area contributed by atoms with Gasteiger partial charge in [-0.25, -0.2) is 4.98 Å². The number of methoxy groups -OCH3 is 1. The number of anilines is 1. The van der Waals surface area contributed by atoms with Crippen LogP contribution in [-0.2, 0) is 13.6 Å². The summed E-state index contributed by atoms with van der Waals surface area (Å²) in [6.07, 6.45) is 1.85. The van der Waals surface area contributed by atoms with E-state index in [0.29, 0.717) is 6.54 Å². The fourth-order valence-corrected chi connectivity index (χ4v) is 2.60. The molecule has 1 heterocycles. The van der Waals surface area contributed by atoms with Gasteiger partial charge in [0.05, 0.1) is 19.0 Å². The second-order valence-electron chi connectivity index (χ2n) is 5.24. The highest BCUT2D eigenvalue weighted by Gasteiger charge is 2.08. The molecule has 5 heteroatoms. The van der Waals surface area contributed by atoms with Crippen LogP contribution in [0, 0.1) is 0 Å². The fourth-order valence-electron chi connectivity index (χ4n) is 2.41. The van der Waals surface area contributed by atoms with Crippen molar-refractivity contribution in [2.24, 2.45) is 7.05 Å². The maximum absolute atomic E-state index is 6.06. The van der Waals surface area contributed by atoms with Crippen LogP contribution in [-0.4, -0.2) is 16.7 Å². The molecular weight excluding hydrogens is 310 g/mol. The summed E-state index contributed by atoms with van der Waals surface area (Å²) in [6.45, 7) is 0.698. The first-order valence-electron chi connectivity index (χ1n) is 7.32. The van der Waals surface area contributed by atoms with Crippen molar-refractivity contribution in [2.45, 2.75) is 6.54 Å². The zero-order valence-corrected chi connectivity index (χ0v) is 13.8. The van der Waals surface area contributed by atoms with Crippen LogP contribution < -0.4 is 10.1 Å². The van der Waals surface area contributed by atoms with Crippen molar-refractivity contribution in [3.63, 3.8) is 0 Å². The molecule has 23 heavy (non-hydrogen) atoms. The molecule has 0 amide bonds. The number of hydrogen-bond donors (Lipinski definition) is 1. The molecule has 1 N–H and O–H groups in total. The summed E-state index contributed by atoms with van der Waals surface area (Å²) < 4.78 is 7.19. The monoisotopic (exact) mass is 327 g/mol. The lowest BCUT2D eigenvalue weighted by Gasteiger charge is -2.09. The van der Waals surface area contributed by atoms with E-state index < -0.39 is 0 Å². The van der Waals surface area contributed by atoms with Gasteiger partial charge in [0.1, 0.15) is 5.75 Å². The van der Waals surface area contributed by atoms with Crippen molar-refractivity contribution in [3.8, 4) is 17.0 Å². The predicted octanol–water partition coefficient (Wildman–Crippen LogP) is 4.36. The maximum atomic E-state index is 6.06. The van der Waals surface area contributed by atoms with Crippen molar-refractivity contribution in [1.82, 2.24) is 9.55 Å². The lowest BCUT2D eigenvalue weighted by molar-refractivity contribution is 0.414. The SMILES string of the molecule is COc1ccc(CNc2ncc(-c3cccc(Cl)c3)n2C)cc1. The number of aromatic nitrogens is 2. The molecule has 0 bridgehead atoms. The first-order chi connectivity index (χ1) is 11.2. The highest BCUT2D eigenvalue weighted by atomic mass is 35.5. The number of ether oxygens (including phenoxy) is 1. The van der Waals surface area contributed by atoms with E-state index in [1.54, 1.807) is 7.11 Å². The molecular formula is C18H18ClN3O. The number of nitrogens with one attached hydrogen (secondary N) is 1. The van der Waals surface area contributed by atoms with Crippen LogP contribution in [0.15, 0.2) is 54.7 Å². The lowest BCUT2D eigenvalue weighted by atomic mass is 10.2. The summed E-state index contributed by atoms with van der Waals surface area (Å²) in [7, 11) is 3.65. The van der Waals surface area contributed by atoms with Gasteiger partial charge in [-0.15, -0.1) is 0 Å². The van der Waals surface area contributed by atoms with Crippen LogP contribution in [0.4, 0.5) is 5.95 Å². The molecule has 0 aliphatic rings. The van der Waals surface area contributed by atoms with Crippen LogP contribution in [0.5, 0.6) is 5.75 Å². The summed E-state index contributed by atoms with van der Waals surface area (Å²) in [5.41, 5.74) is 3.23. The molecule has 0 saturated heterocycles. The molecule has 118 valence electrons. The molecule has 0 aliphatic carbocycles. The van der Waals surface area contributed by atoms with E-state index in [2.05, 4.69) is 10.3 Å². The third kappa shape index (κ3) is 3.48. The molecule has 0 radical (unpaired) electrons. The number of hydrogen-bond acceptors (Lipinski definition) is 3. The molecule has 0 saturated carbocycles. The quantitative estimate of drug-likeness (QED) is 0.756. The van der Waals surface area contributed by atoms with E-state index in [0.717, 1.165) is 33.5 Å². The zero-order valence-electron chi connectivity index (χ0n) is 13.1. The number of imidazole rings is 1. The van der Waals surface area contributed by atoms with Crippen LogP contribution in [0.3, 0.4) is 0 Å². The summed E-state index contributed by atoms with van der Waals surface area (Å²) in [5, 5.41) is 4.07. The van der Waals surface area contributed by atoms with Gasteiger partial charge in [0.2, 0.25) is 5.95 Å². The Kier molecular flexibility index (Phi) is 4.53. The molecule has 4 nitrogen and oxygen atoms in total. The molecule has 3 aromatic rings. The molecule has 2 aromatic carbocycles. The van der Waals surface area contributed by atoms with Crippen LogP contribution in [0.25, 0.3) is 11.3 Å². The predicted molar refractivity (Wildman–Crippen MR) is 94.0 cm³/mol. The minimum atomic E-state index is 0.698. The molecule has 0 atom stereocenters. The van der Waals surface area contributed by atoms with Gasteiger partial charge in [-0.1, -0.05) is 35.9 Å². The third-order valence-corrected chi connectivity index (χ3v) is 3.95. The van der Waals surface area contributed by atoms with Gasteiger partial charge in [-0.3, -0.25) is 0 Å². The summed E-state index contributed by atoms with van der Waals surface area (Å²) >= 11 is 6.06. The molecule has 3 rings (SSSR count). The van der Waals surface area contributed by atoms with Gasteiger partial charge in [0, 0.05) is 24.2 Å². The van der Waals surface area contributed by atoms with E-state index in [1.165, 1.54) is 0 Å². The lowest BCUT2D eigenvalue weighted by Crippen LogP contribution is -2.05. The largest absolute Gasteiger partial charge is 0.497 e. The topological polar surface area (TPSA) is 39.1 Å². The number of nitrogens with zero attached hydrogens (tertiary/aromatic N) is 2. The van der Waals surface area contributed by atoms with Crippen molar-refractivity contribution < 1.29 is 4.74 Å². The highest BCUT2D eigenvalue weighted by Crippen LogP contribution is 2.24. The zero-order chi connectivity index (χ0) is 16.2. The van der Waals surface area contributed by atoms with Crippen molar-refractivity contribution in [1.29, 1.82) is 0 Å². The Balaban J connectivity index is 1.74. The second-order valence-corrected chi connectivity index (χ2v) is 5.67. The summed E-state index contributed by atoms with van der Waals surface area (Å²) in [4.78, 5) is 4.45. The number of halogens is 1. The maximum Gasteiger partial charge on any atom is 0.203 e. The average molecular weight is 328 g/mol. The van der Waals surface area contributed by atoms with Crippen LogP contribution in [0.1, 0.15) is 5.56 Å². The summed E-state index contributed by atoms with van der Waals surface area (Å²) in [5.74, 6) is 1.67. The average Bonchev–Trinajstić information content (AvgIpc) is 2.94. The van der Waals surface area contributed by atoms with Gasteiger partial charge in [0.25, 0.3) is 0 Å². The van der Waals surface area contributed by atoms with Gasteiger partial charge < -0.3 is 14.6 Å². The number of benzene rings is 2. The Morgan fingerprint density at radius 2 is 1.96 bits per heavy atom. The smallest absolute Gasteiger partial charge is 0.203 e. The fraction of sp³-hybridized carbons (Fsp3) is 0.167. The molecule has 0 aliphatic heterocycles. The van der Waals surface area contributed by atoms with Crippen molar-refractivity contribution in [2.75, 3.05) is 12.4 Å². The van der Waals surface area contributed by atoms with Crippen LogP contribution >= 0.6 is 11.6 Å². The van der Waals surface area contributed by atoms with Gasteiger partial charge in [-0.05, 0) is 29.8 Å². The minimum Gasteiger partial charge on any atom is -0.497 e. The Bertz CT molecular complexity index is 796. The van der Waals surface area contributed by atoms with E-state index in [-0.39, 0.29) is 0 Å². The normalized spacial score (nSPS) is 10.6. The highest BCUT2D eigenvalue weighted by molar-refractivity contribution is 6.30. The Morgan fingerprint density at radius 1 is 1.17 bits per heavy atom. The second kappa shape index (κ2) is 6.75.